The van der Waals surface area contributed by atoms with Crippen LogP contribution in [0.1, 0.15) is 23.2 Å². The average Bonchev–Trinajstić information content (AvgIpc) is 2.46. The van der Waals surface area contributed by atoms with E-state index in [1.807, 2.05) is 12.1 Å². The van der Waals surface area contributed by atoms with E-state index in [4.69, 9.17) is 9.47 Å². The molecule has 0 amide bonds. The van der Waals surface area contributed by atoms with Crippen molar-refractivity contribution in [1.82, 2.24) is 9.55 Å². The van der Waals surface area contributed by atoms with E-state index in [0.717, 1.165) is 0 Å². The molecule has 0 saturated heterocycles. The summed E-state index contributed by atoms with van der Waals surface area (Å²) in [6, 6.07) is 8.44. The Bertz CT molecular complexity index is 736. The van der Waals surface area contributed by atoms with Gasteiger partial charge in [-0.2, -0.15) is 4.98 Å². The van der Waals surface area contributed by atoms with E-state index in [-0.39, 0.29) is 18.9 Å². The van der Waals surface area contributed by atoms with Crippen LogP contribution >= 0.6 is 0 Å². The monoisotopic (exact) mass is 272 g/mol. The van der Waals surface area contributed by atoms with Crippen LogP contribution in [-0.4, -0.2) is 22.1 Å². The Labute approximate surface area is 114 Å². The van der Waals surface area contributed by atoms with Crippen molar-refractivity contribution >= 4 is 5.97 Å². The zero-order valence-corrected chi connectivity index (χ0v) is 10.8. The first-order chi connectivity index (χ1) is 9.70. The van der Waals surface area contributed by atoms with Gasteiger partial charge in [0.15, 0.2) is 5.82 Å². The molecule has 0 spiro atoms. The van der Waals surface area contributed by atoms with Gasteiger partial charge in [0, 0.05) is 6.07 Å². The lowest BCUT2D eigenvalue weighted by atomic mass is 10.2. The number of esters is 1. The molecular formula is C14H12N2O4. The molecule has 6 nitrogen and oxygen atoms in total. The van der Waals surface area contributed by atoms with Gasteiger partial charge in [-0.15, -0.1) is 0 Å². The molecule has 1 aromatic heterocycles. The second kappa shape index (κ2) is 4.80. The maximum Gasteiger partial charge on any atom is 0.355 e. The van der Waals surface area contributed by atoms with Crippen LogP contribution in [0.25, 0.3) is 5.69 Å². The summed E-state index contributed by atoms with van der Waals surface area (Å²) >= 11 is 0. The van der Waals surface area contributed by atoms with Crippen molar-refractivity contribution in [3.8, 4) is 11.4 Å². The first-order valence-corrected chi connectivity index (χ1v) is 6.23. The summed E-state index contributed by atoms with van der Waals surface area (Å²) in [4.78, 5) is 27.5. The van der Waals surface area contributed by atoms with Crippen molar-refractivity contribution in [2.45, 2.75) is 13.5 Å². The van der Waals surface area contributed by atoms with E-state index in [0.29, 0.717) is 17.3 Å². The number of hydrogen-bond donors (Lipinski definition) is 0. The van der Waals surface area contributed by atoms with Crippen molar-refractivity contribution in [3.05, 3.63) is 52.2 Å². The number of hydrogen-bond acceptors (Lipinski definition) is 5. The molecule has 1 aliphatic heterocycles. The van der Waals surface area contributed by atoms with Gasteiger partial charge < -0.3 is 9.47 Å². The maximum absolute atomic E-state index is 12.0. The van der Waals surface area contributed by atoms with E-state index in [1.54, 1.807) is 23.6 Å². The zero-order valence-electron chi connectivity index (χ0n) is 10.8. The summed E-state index contributed by atoms with van der Waals surface area (Å²) in [5.41, 5.74) is 0.351. The maximum atomic E-state index is 12.0. The molecule has 20 heavy (non-hydrogen) atoms. The number of carbonyl (C=O) groups excluding carboxylic acids is 1. The highest BCUT2D eigenvalue weighted by Crippen LogP contribution is 2.29. The fraction of sp³-hybridized carbons (Fsp3) is 0.214. The third-order valence-corrected chi connectivity index (χ3v) is 2.95. The second-order valence-corrected chi connectivity index (χ2v) is 4.21. The zero-order chi connectivity index (χ0) is 14.1. The van der Waals surface area contributed by atoms with Crippen LogP contribution in [0.5, 0.6) is 5.75 Å². The van der Waals surface area contributed by atoms with Crippen LogP contribution in [0, 0.1) is 0 Å². The predicted molar refractivity (Wildman–Crippen MR) is 70.1 cm³/mol. The molecule has 0 radical (unpaired) electrons. The SMILES string of the molecule is CCOC(=O)c1cc(=O)nc2n1-c1ccccc1OC2. The number of carbonyl (C=O) groups is 1. The minimum atomic E-state index is -0.551. The number of para-hydroxylation sites is 2. The Morgan fingerprint density at radius 1 is 1.45 bits per heavy atom. The molecule has 0 saturated carbocycles. The van der Waals surface area contributed by atoms with Gasteiger partial charge in [0.05, 0.1) is 12.3 Å². The molecule has 1 aromatic carbocycles. The Balaban J connectivity index is 2.26. The van der Waals surface area contributed by atoms with Gasteiger partial charge in [-0.3, -0.25) is 9.36 Å². The summed E-state index contributed by atoms with van der Waals surface area (Å²) in [5, 5.41) is 0. The summed E-state index contributed by atoms with van der Waals surface area (Å²) in [6.45, 7) is 2.09. The van der Waals surface area contributed by atoms with Gasteiger partial charge in [0.2, 0.25) is 0 Å². The minimum absolute atomic E-state index is 0.138. The Morgan fingerprint density at radius 3 is 3.05 bits per heavy atom. The van der Waals surface area contributed by atoms with Gasteiger partial charge in [-0.05, 0) is 19.1 Å². The number of aromatic nitrogens is 2. The first kappa shape index (κ1) is 12.4. The Hall–Kier alpha value is -2.63. The third kappa shape index (κ3) is 1.95. The molecule has 2 aromatic rings. The van der Waals surface area contributed by atoms with E-state index < -0.39 is 11.5 Å². The molecule has 0 N–H and O–H groups in total. The number of benzene rings is 1. The second-order valence-electron chi connectivity index (χ2n) is 4.21. The molecule has 1 aliphatic rings. The van der Waals surface area contributed by atoms with Crippen LogP contribution in [0.4, 0.5) is 0 Å². The van der Waals surface area contributed by atoms with Crippen LogP contribution in [0.2, 0.25) is 0 Å². The van der Waals surface area contributed by atoms with Gasteiger partial charge in [0.25, 0.3) is 5.56 Å². The van der Waals surface area contributed by atoms with Crippen LogP contribution in [-0.2, 0) is 11.3 Å². The molecule has 0 unspecified atom stereocenters. The standard InChI is InChI=1S/C14H12N2O4/c1-2-19-14(18)10-7-13(17)15-12-8-20-11-6-4-3-5-9(11)16(10)12/h3-7H,2,8H2,1H3. The van der Waals surface area contributed by atoms with Crippen molar-refractivity contribution in [2.24, 2.45) is 0 Å². The molecular weight excluding hydrogens is 260 g/mol. The quantitative estimate of drug-likeness (QED) is 0.771. The van der Waals surface area contributed by atoms with Gasteiger partial charge >= 0.3 is 5.97 Å². The average molecular weight is 272 g/mol. The summed E-state index contributed by atoms with van der Waals surface area (Å²) in [5.74, 6) is 0.472. The van der Waals surface area contributed by atoms with E-state index in [9.17, 15) is 9.59 Å². The van der Waals surface area contributed by atoms with Crippen molar-refractivity contribution in [1.29, 1.82) is 0 Å². The number of rotatable bonds is 2. The number of ether oxygens (including phenoxy) is 2. The fourth-order valence-corrected chi connectivity index (χ4v) is 2.16. The Kier molecular flexibility index (Phi) is 2.98. The lowest BCUT2D eigenvalue weighted by molar-refractivity contribution is 0.0513. The Morgan fingerprint density at radius 2 is 2.25 bits per heavy atom. The molecule has 3 rings (SSSR count). The number of nitrogens with zero attached hydrogens (tertiary/aromatic N) is 2. The number of fused-ring (bicyclic) bond motifs is 3. The van der Waals surface area contributed by atoms with Gasteiger partial charge in [0.1, 0.15) is 18.1 Å². The highest BCUT2D eigenvalue weighted by Gasteiger charge is 2.24. The highest BCUT2D eigenvalue weighted by molar-refractivity contribution is 5.88. The van der Waals surface area contributed by atoms with Gasteiger partial charge in [-0.25, -0.2) is 4.79 Å². The third-order valence-electron chi connectivity index (χ3n) is 2.95. The van der Waals surface area contributed by atoms with E-state index >= 15 is 0 Å². The summed E-state index contributed by atoms with van der Waals surface area (Å²) in [7, 11) is 0. The normalized spacial score (nSPS) is 12.1. The molecule has 0 fully saturated rings. The molecule has 6 heteroatoms. The van der Waals surface area contributed by atoms with Gasteiger partial charge in [-0.1, -0.05) is 12.1 Å². The van der Waals surface area contributed by atoms with E-state index in [2.05, 4.69) is 4.98 Å². The molecule has 0 aliphatic carbocycles. The van der Waals surface area contributed by atoms with Crippen LogP contribution < -0.4 is 10.3 Å². The molecule has 0 atom stereocenters. The van der Waals surface area contributed by atoms with Crippen molar-refractivity contribution in [2.75, 3.05) is 6.61 Å². The molecule has 102 valence electrons. The summed E-state index contributed by atoms with van der Waals surface area (Å²) in [6.07, 6.45) is 0. The lowest BCUT2D eigenvalue weighted by Gasteiger charge is -2.23. The van der Waals surface area contributed by atoms with Crippen LogP contribution in [0.3, 0.4) is 0 Å². The van der Waals surface area contributed by atoms with Crippen LogP contribution in [0.15, 0.2) is 35.1 Å². The molecule has 0 bridgehead atoms. The van der Waals surface area contributed by atoms with Crippen molar-refractivity contribution < 1.29 is 14.3 Å². The molecule has 2 heterocycles. The van der Waals surface area contributed by atoms with E-state index in [1.165, 1.54) is 6.07 Å². The van der Waals surface area contributed by atoms with Crippen molar-refractivity contribution in [3.63, 3.8) is 0 Å². The summed E-state index contributed by atoms with van der Waals surface area (Å²) < 4.78 is 12.1. The largest absolute Gasteiger partial charge is 0.483 e. The first-order valence-electron chi connectivity index (χ1n) is 6.23. The highest BCUT2D eigenvalue weighted by atomic mass is 16.5. The minimum Gasteiger partial charge on any atom is -0.483 e. The lowest BCUT2D eigenvalue weighted by Crippen LogP contribution is -2.27. The fourth-order valence-electron chi connectivity index (χ4n) is 2.16. The topological polar surface area (TPSA) is 70.4 Å². The smallest absolute Gasteiger partial charge is 0.355 e. The predicted octanol–water partition coefficient (Wildman–Crippen LogP) is 1.30.